The van der Waals surface area contributed by atoms with Crippen molar-refractivity contribution >= 4 is 35.4 Å². The van der Waals surface area contributed by atoms with Crippen LogP contribution in [-0.2, 0) is 14.4 Å². The predicted octanol–water partition coefficient (Wildman–Crippen LogP) is 1.19. The van der Waals surface area contributed by atoms with E-state index in [2.05, 4.69) is 22.4 Å². The number of amides is 2. The number of carbonyl (C=O) groups is 3. The molecule has 23 heavy (non-hydrogen) atoms. The van der Waals surface area contributed by atoms with E-state index in [0.29, 0.717) is 18.0 Å². The van der Waals surface area contributed by atoms with Gasteiger partial charge in [-0.15, -0.1) is 18.3 Å². The Kier molecular flexibility index (Phi) is 7.89. The molecule has 1 rings (SSSR count). The minimum atomic E-state index is -1.09. The predicted molar refractivity (Wildman–Crippen MR) is 86.2 cm³/mol. The Labute approximate surface area is 137 Å². The summed E-state index contributed by atoms with van der Waals surface area (Å²) < 4.78 is 4.81. The Hall–Kier alpha value is -2.29. The maximum Gasteiger partial charge on any atom is 0.326 e. The fourth-order valence-electron chi connectivity index (χ4n) is 1.62. The molecule has 0 spiro atoms. The summed E-state index contributed by atoms with van der Waals surface area (Å²) in [6, 6.07) is 0.625. The van der Waals surface area contributed by atoms with Crippen molar-refractivity contribution in [2.45, 2.75) is 25.8 Å². The van der Waals surface area contributed by atoms with E-state index in [9.17, 15) is 14.4 Å². The minimum Gasteiger partial charge on any atom is -0.480 e. The number of carboxylic acids is 1. The second kappa shape index (κ2) is 9.67. The summed E-state index contributed by atoms with van der Waals surface area (Å²) in [6.07, 6.45) is 2.36. The van der Waals surface area contributed by atoms with Crippen LogP contribution < -0.4 is 10.6 Å². The number of nitrogens with zero attached hydrogens (tertiary/aromatic N) is 1. The van der Waals surface area contributed by atoms with Crippen LogP contribution in [0.3, 0.4) is 0 Å². The molecule has 0 fully saturated rings. The lowest BCUT2D eigenvalue weighted by atomic mass is 10.1. The van der Waals surface area contributed by atoms with Gasteiger partial charge in [0, 0.05) is 6.07 Å². The molecule has 0 bridgehead atoms. The van der Waals surface area contributed by atoms with Crippen molar-refractivity contribution in [3.8, 4) is 0 Å². The first-order chi connectivity index (χ1) is 10.9. The molecule has 126 valence electrons. The molecular weight excluding hydrogens is 322 g/mol. The molecule has 0 aromatic carbocycles. The van der Waals surface area contributed by atoms with Gasteiger partial charge in [0.15, 0.2) is 5.82 Å². The normalized spacial score (nSPS) is 11.5. The largest absolute Gasteiger partial charge is 0.480 e. The minimum absolute atomic E-state index is 0.0108. The van der Waals surface area contributed by atoms with Crippen LogP contribution in [0.5, 0.6) is 0 Å². The number of rotatable bonds is 10. The maximum atomic E-state index is 11.7. The van der Waals surface area contributed by atoms with Crippen LogP contribution in [0.15, 0.2) is 23.2 Å². The number of thioether (sulfide) groups is 1. The zero-order valence-corrected chi connectivity index (χ0v) is 13.5. The smallest absolute Gasteiger partial charge is 0.326 e. The van der Waals surface area contributed by atoms with Gasteiger partial charge in [0.25, 0.3) is 0 Å². The monoisotopic (exact) mass is 341 g/mol. The van der Waals surface area contributed by atoms with Gasteiger partial charge in [-0.3, -0.25) is 9.59 Å². The van der Waals surface area contributed by atoms with Crippen LogP contribution in [0, 0.1) is 6.92 Å². The number of allylic oxidation sites excluding steroid dienone is 1. The average molecular weight is 341 g/mol. The zero-order valence-electron chi connectivity index (χ0n) is 12.7. The van der Waals surface area contributed by atoms with Crippen molar-refractivity contribution in [1.82, 2.24) is 10.5 Å². The summed E-state index contributed by atoms with van der Waals surface area (Å²) >= 11 is 1.08. The Morgan fingerprint density at radius 1 is 1.43 bits per heavy atom. The summed E-state index contributed by atoms with van der Waals surface area (Å²) in [6.45, 7) is 5.21. The molecule has 0 saturated heterocycles. The second-order valence-corrected chi connectivity index (χ2v) is 5.67. The van der Waals surface area contributed by atoms with Crippen LogP contribution in [0.2, 0.25) is 0 Å². The first-order valence-electron chi connectivity index (χ1n) is 6.86. The molecule has 1 heterocycles. The van der Waals surface area contributed by atoms with Gasteiger partial charge in [-0.1, -0.05) is 11.2 Å². The first kappa shape index (κ1) is 18.8. The lowest BCUT2D eigenvalue weighted by Gasteiger charge is -2.13. The highest BCUT2D eigenvalue weighted by atomic mass is 32.2. The second-order valence-electron chi connectivity index (χ2n) is 4.69. The van der Waals surface area contributed by atoms with Crippen molar-refractivity contribution in [2.75, 3.05) is 16.8 Å². The standard InChI is InChI=1S/C14H19N3O5S/c1-3-4-5-10(14(20)21)15-12(18)7-23-8-13(19)16-11-6-9(2)22-17-11/h3,6,10H,1,4-5,7-8H2,2H3,(H,15,18)(H,20,21)(H,16,17,19). The van der Waals surface area contributed by atoms with Crippen LogP contribution in [-0.4, -0.2) is 45.6 Å². The van der Waals surface area contributed by atoms with Gasteiger partial charge in [0.2, 0.25) is 11.8 Å². The van der Waals surface area contributed by atoms with E-state index >= 15 is 0 Å². The molecule has 0 aliphatic rings. The fraction of sp³-hybridized carbons (Fsp3) is 0.429. The Morgan fingerprint density at radius 3 is 2.70 bits per heavy atom. The van der Waals surface area contributed by atoms with Gasteiger partial charge in [0.05, 0.1) is 11.5 Å². The van der Waals surface area contributed by atoms with E-state index in [1.165, 1.54) is 0 Å². The number of nitrogens with one attached hydrogen (secondary N) is 2. The van der Waals surface area contributed by atoms with E-state index in [4.69, 9.17) is 9.63 Å². The van der Waals surface area contributed by atoms with Crippen molar-refractivity contribution in [2.24, 2.45) is 0 Å². The Morgan fingerprint density at radius 2 is 2.13 bits per heavy atom. The number of hydrogen-bond acceptors (Lipinski definition) is 6. The number of aromatic nitrogens is 1. The summed E-state index contributed by atoms with van der Waals surface area (Å²) in [5.74, 6) is -0.926. The third-order valence-electron chi connectivity index (χ3n) is 2.65. The van der Waals surface area contributed by atoms with Gasteiger partial charge in [-0.05, 0) is 19.8 Å². The molecule has 1 unspecified atom stereocenters. The quantitative estimate of drug-likeness (QED) is 0.546. The number of carboxylic acid groups (broad SMARTS) is 1. The molecule has 0 aliphatic carbocycles. The molecule has 9 heteroatoms. The van der Waals surface area contributed by atoms with E-state index in [1.54, 1.807) is 19.1 Å². The number of aliphatic carboxylic acids is 1. The van der Waals surface area contributed by atoms with Gasteiger partial charge in [0.1, 0.15) is 11.8 Å². The fourth-order valence-corrected chi connectivity index (χ4v) is 2.25. The maximum absolute atomic E-state index is 11.7. The molecule has 2 amide bonds. The van der Waals surface area contributed by atoms with E-state index < -0.39 is 17.9 Å². The van der Waals surface area contributed by atoms with Crippen LogP contribution in [0.4, 0.5) is 5.82 Å². The summed E-state index contributed by atoms with van der Waals surface area (Å²) in [4.78, 5) is 34.3. The Bertz CT molecular complexity index is 573. The highest BCUT2D eigenvalue weighted by Gasteiger charge is 2.19. The van der Waals surface area contributed by atoms with Crippen LogP contribution in [0.1, 0.15) is 18.6 Å². The SMILES string of the molecule is C=CCCC(NC(=O)CSCC(=O)Nc1cc(C)on1)C(=O)O. The zero-order chi connectivity index (χ0) is 17.2. The first-order valence-corrected chi connectivity index (χ1v) is 8.01. The molecule has 1 aromatic rings. The van der Waals surface area contributed by atoms with E-state index in [-0.39, 0.29) is 23.8 Å². The van der Waals surface area contributed by atoms with Crippen molar-refractivity contribution in [1.29, 1.82) is 0 Å². The molecule has 0 aliphatic heterocycles. The van der Waals surface area contributed by atoms with E-state index in [0.717, 1.165) is 11.8 Å². The number of carbonyl (C=O) groups excluding carboxylic acids is 2. The highest BCUT2D eigenvalue weighted by molar-refractivity contribution is 8.00. The molecule has 1 atom stereocenters. The Balaban J connectivity index is 2.28. The molecule has 8 nitrogen and oxygen atoms in total. The number of anilines is 1. The topological polar surface area (TPSA) is 122 Å². The van der Waals surface area contributed by atoms with Crippen molar-refractivity contribution in [3.05, 3.63) is 24.5 Å². The lowest BCUT2D eigenvalue weighted by molar-refractivity contribution is -0.141. The summed E-state index contributed by atoms with van der Waals surface area (Å²) in [5, 5.41) is 17.5. The van der Waals surface area contributed by atoms with Crippen LogP contribution in [0.25, 0.3) is 0 Å². The van der Waals surface area contributed by atoms with Crippen LogP contribution >= 0.6 is 11.8 Å². The third-order valence-corrected chi connectivity index (χ3v) is 3.59. The lowest BCUT2D eigenvalue weighted by Crippen LogP contribution is -2.41. The van der Waals surface area contributed by atoms with Crippen molar-refractivity contribution in [3.63, 3.8) is 0 Å². The molecule has 1 aromatic heterocycles. The molecule has 0 saturated carbocycles. The van der Waals surface area contributed by atoms with Gasteiger partial charge in [-0.25, -0.2) is 4.79 Å². The van der Waals surface area contributed by atoms with Gasteiger partial charge < -0.3 is 20.3 Å². The van der Waals surface area contributed by atoms with E-state index in [1.807, 2.05) is 0 Å². The summed E-state index contributed by atoms with van der Waals surface area (Å²) in [5.41, 5.74) is 0. The summed E-state index contributed by atoms with van der Waals surface area (Å²) in [7, 11) is 0. The molecular formula is C14H19N3O5S. The van der Waals surface area contributed by atoms with Crippen molar-refractivity contribution < 1.29 is 24.0 Å². The number of aryl methyl sites for hydroxylation is 1. The molecule has 0 radical (unpaired) electrons. The van der Waals surface area contributed by atoms with Gasteiger partial charge in [-0.2, -0.15) is 0 Å². The molecule has 3 N–H and O–H groups in total. The van der Waals surface area contributed by atoms with Gasteiger partial charge >= 0.3 is 5.97 Å². The highest BCUT2D eigenvalue weighted by Crippen LogP contribution is 2.08. The average Bonchev–Trinajstić information content (AvgIpc) is 2.88. The third kappa shape index (κ3) is 7.50. The number of hydrogen-bond donors (Lipinski definition) is 3.